The first-order valence-corrected chi connectivity index (χ1v) is 12.9. The summed E-state index contributed by atoms with van der Waals surface area (Å²) >= 11 is 1.39. The van der Waals surface area contributed by atoms with E-state index in [0.717, 1.165) is 48.7 Å². The summed E-state index contributed by atoms with van der Waals surface area (Å²) < 4.78 is 11.0. The maximum Gasteiger partial charge on any atom is 0.287 e. The maximum atomic E-state index is 13.2. The third kappa shape index (κ3) is 4.14. The molecular weight excluding hydrogens is 468 g/mol. The van der Waals surface area contributed by atoms with Crippen molar-refractivity contribution in [3.05, 3.63) is 40.4 Å². The van der Waals surface area contributed by atoms with E-state index in [0.29, 0.717) is 23.4 Å². The lowest BCUT2D eigenvalue weighted by atomic mass is 9.80. The van der Waals surface area contributed by atoms with Gasteiger partial charge in [0.1, 0.15) is 16.1 Å². The van der Waals surface area contributed by atoms with Gasteiger partial charge < -0.3 is 30.6 Å². The highest BCUT2D eigenvalue weighted by Crippen LogP contribution is 2.36. The number of nitrogens with two attached hydrogens (primary N) is 1. The van der Waals surface area contributed by atoms with Crippen molar-refractivity contribution in [2.24, 2.45) is 5.73 Å². The summed E-state index contributed by atoms with van der Waals surface area (Å²) in [5, 5.41) is 19.7. The van der Waals surface area contributed by atoms with Crippen molar-refractivity contribution < 1.29 is 23.8 Å². The van der Waals surface area contributed by atoms with E-state index in [1.807, 2.05) is 23.6 Å². The summed E-state index contributed by atoms with van der Waals surface area (Å²) in [5.74, 6) is -0.463. The van der Waals surface area contributed by atoms with E-state index in [9.17, 15) is 14.7 Å². The van der Waals surface area contributed by atoms with Crippen LogP contribution in [-0.2, 0) is 15.1 Å². The van der Waals surface area contributed by atoms with Gasteiger partial charge >= 0.3 is 0 Å². The first kappa shape index (κ1) is 22.7. The minimum absolute atomic E-state index is 0.156. The molecule has 3 heterocycles. The Kier molecular flexibility index (Phi) is 5.26. The van der Waals surface area contributed by atoms with Crippen LogP contribution in [0.15, 0.2) is 34.1 Å². The highest BCUT2D eigenvalue weighted by molar-refractivity contribution is 7.10. The lowest BCUT2D eigenvalue weighted by Gasteiger charge is -2.37. The second kappa shape index (κ2) is 8.12. The zero-order chi connectivity index (χ0) is 24.3. The van der Waals surface area contributed by atoms with Gasteiger partial charge in [0.2, 0.25) is 5.91 Å². The molecule has 5 N–H and O–H groups in total. The zero-order valence-corrected chi connectivity index (χ0v) is 20.1. The van der Waals surface area contributed by atoms with Crippen molar-refractivity contribution in [1.82, 2.24) is 15.6 Å². The number of aliphatic hydroxyl groups is 1. The lowest BCUT2D eigenvalue weighted by Crippen LogP contribution is -2.62. The molecule has 184 valence electrons. The van der Waals surface area contributed by atoms with Crippen LogP contribution in [0.4, 0.5) is 0 Å². The molecule has 0 bridgehead atoms. The molecule has 3 aromatic rings. The quantitative estimate of drug-likeness (QED) is 0.385. The zero-order valence-electron chi connectivity index (χ0n) is 19.3. The van der Waals surface area contributed by atoms with Crippen LogP contribution in [0.3, 0.4) is 0 Å². The summed E-state index contributed by atoms with van der Waals surface area (Å²) in [6.07, 6.45) is 5.43. The van der Waals surface area contributed by atoms with E-state index in [2.05, 4.69) is 15.6 Å². The summed E-state index contributed by atoms with van der Waals surface area (Å²) in [4.78, 5) is 30.9. The predicted octanol–water partition coefficient (Wildman–Crippen LogP) is 2.77. The van der Waals surface area contributed by atoms with Gasteiger partial charge in [0.25, 0.3) is 5.91 Å². The lowest BCUT2D eigenvalue weighted by molar-refractivity contribution is -0.184. The molecule has 6 rings (SSSR count). The van der Waals surface area contributed by atoms with E-state index in [1.54, 1.807) is 6.07 Å². The molecule has 0 radical (unpaired) electrons. The highest BCUT2D eigenvalue weighted by atomic mass is 32.1. The predicted molar refractivity (Wildman–Crippen MR) is 130 cm³/mol. The maximum absolute atomic E-state index is 13.2. The number of rotatable bonds is 6. The molecule has 1 saturated heterocycles. The Morgan fingerprint density at radius 2 is 1.83 bits per heavy atom. The number of hydrogen-bond acceptors (Lipinski definition) is 8. The van der Waals surface area contributed by atoms with Gasteiger partial charge in [-0.1, -0.05) is 31.4 Å². The van der Waals surface area contributed by atoms with Crippen molar-refractivity contribution in [1.29, 1.82) is 0 Å². The molecule has 0 unspecified atom stereocenters. The van der Waals surface area contributed by atoms with Gasteiger partial charge in [0.05, 0.1) is 24.6 Å². The monoisotopic (exact) mass is 496 g/mol. The average Bonchev–Trinajstić information content (AvgIpc) is 3.22. The second-order valence-electron chi connectivity index (χ2n) is 10.1. The van der Waals surface area contributed by atoms with E-state index in [1.165, 1.54) is 11.3 Å². The third-order valence-corrected chi connectivity index (χ3v) is 8.30. The van der Waals surface area contributed by atoms with Gasteiger partial charge in [0, 0.05) is 16.3 Å². The van der Waals surface area contributed by atoms with E-state index >= 15 is 0 Å². The van der Waals surface area contributed by atoms with Gasteiger partial charge in [-0.2, -0.15) is 0 Å². The molecule has 1 aliphatic heterocycles. The third-order valence-electron chi connectivity index (χ3n) is 7.27. The van der Waals surface area contributed by atoms with Crippen molar-refractivity contribution in [2.75, 3.05) is 13.2 Å². The summed E-state index contributed by atoms with van der Waals surface area (Å²) in [6, 6.07) is 7.31. The van der Waals surface area contributed by atoms with Crippen molar-refractivity contribution in [3.63, 3.8) is 0 Å². The molecule has 2 saturated carbocycles. The first-order valence-electron chi connectivity index (χ1n) is 12.0. The van der Waals surface area contributed by atoms with Crippen LogP contribution in [0.25, 0.3) is 22.2 Å². The second-order valence-corrected chi connectivity index (χ2v) is 11.0. The Hall–Kier alpha value is -2.79. The molecule has 35 heavy (non-hydrogen) atoms. The van der Waals surface area contributed by atoms with Crippen molar-refractivity contribution in [3.8, 4) is 11.3 Å². The molecule has 3 fully saturated rings. The number of nitrogens with zero attached hydrogens (tertiary/aromatic N) is 1. The van der Waals surface area contributed by atoms with Gasteiger partial charge in [-0.05, 0) is 37.8 Å². The van der Waals surface area contributed by atoms with Crippen LogP contribution < -0.4 is 16.4 Å². The van der Waals surface area contributed by atoms with Gasteiger partial charge in [-0.3, -0.25) is 9.59 Å². The molecule has 0 spiro atoms. The molecule has 10 heteroatoms. The van der Waals surface area contributed by atoms with Gasteiger partial charge in [-0.15, -0.1) is 11.3 Å². The smallest absolute Gasteiger partial charge is 0.287 e. The molecule has 2 aliphatic carbocycles. The van der Waals surface area contributed by atoms with Crippen LogP contribution in [0.1, 0.15) is 60.5 Å². The fraction of sp³-hybridized carbons (Fsp3) is 0.480. The average molecular weight is 497 g/mol. The first-order chi connectivity index (χ1) is 16.8. The van der Waals surface area contributed by atoms with Crippen LogP contribution in [0.5, 0.6) is 0 Å². The van der Waals surface area contributed by atoms with Crippen LogP contribution in [-0.4, -0.2) is 46.3 Å². The number of benzene rings is 1. The largest absolute Gasteiger partial charge is 0.451 e. The minimum Gasteiger partial charge on any atom is -0.451 e. The van der Waals surface area contributed by atoms with E-state index in [4.69, 9.17) is 14.9 Å². The van der Waals surface area contributed by atoms with Crippen molar-refractivity contribution in [2.45, 2.75) is 61.7 Å². The molecule has 3 aliphatic rings. The SMILES string of the molecule is NC1(NC(=O)C2(NC(=O)c3cc4ccc(-c5csc(C6(O)COC6)n5)cc4o3)CCCCC2)CC1. The standard InChI is InChI=1S/C25H28N4O5S/c26-25(8-9-25)29-21(31)23(6-2-1-3-7-23)28-20(30)19-11-16-5-4-15(10-18(16)34-19)17-12-35-22(27-17)24(32)13-33-14-24/h4-5,10-12,32H,1-3,6-9,13-14,26H2,(H,28,30)(H,29,31). The number of ether oxygens (including phenoxy) is 1. The Morgan fingerprint density at radius 1 is 1.06 bits per heavy atom. The molecule has 9 nitrogen and oxygen atoms in total. The van der Waals surface area contributed by atoms with Crippen LogP contribution in [0, 0.1) is 0 Å². The molecule has 1 aromatic carbocycles. The number of carbonyl (C=O) groups is 2. The van der Waals surface area contributed by atoms with E-state index < -0.39 is 22.7 Å². The number of amides is 2. The van der Waals surface area contributed by atoms with Gasteiger partial charge in [-0.25, -0.2) is 4.98 Å². The minimum atomic E-state index is -1.01. The van der Waals surface area contributed by atoms with Crippen molar-refractivity contribution >= 4 is 34.1 Å². The summed E-state index contributed by atoms with van der Waals surface area (Å²) in [7, 11) is 0. The molecule has 0 atom stereocenters. The number of fused-ring (bicyclic) bond motifs is 1. The van der Waals surface area contributed by atoms with Crippen LogP contribution in [0.2, 0.25) is 0 Å². The topological polar surface area (TPSA) is 140 Å². The fourth-order valence-corrected chi connectivity index (χ4v) is 5.69. The number of nitrogens with one attached hydrogen (secondary N) is 2. The number of hydrogen-bond donors (Lipinski definition) is 4. The Morgan fingerprint density at radius 3 is 2.51 bits per heavy atom. The summed E-state index contributed by atoms with van der Waals surface area (Å²) in [5.41, 5.74) is 5.60. The van der Waals surface area contributed by atoms with Gasteiger partial charge in [0.15, 0.2) is 11.4 Å². The number of aromatic nitrogens is 1. The Bertz CT molecular complexity index is 1300. The molecular formula is C25H28N4O5S. The number of carbonyl (C=O) groups excluding carboxylic acids is 2. The fourth-order valence-electron chi connectivity index (χ4n) is 4.79. The molecule has 2 amide bonds. The number of furan rings is 1. The molecule has 2 aromatic heterocycles. The highest BCUT2D eigenvalue weighted by Gasteiger charge is 2.47. The Labute approximate surface area is 206 Å². The van der Waals surface area contributed by atoms with Crippen LogP contribution >= 0.6 is 11.3 Å². The Balaban J connectivity index is 1.23. The van der Waals surface area contributed by atoms with E-state index in [-0.39, 0.29) is 24.9 Å². The summed E-state index contributed by atoms with van der Waals surface area (Å²) in [6.45, 7) is 0.503. The number of thiazole rings is 1. The normalized spacial score (nSPS) is 21.8.